The Hall–Kier alpha value is -4.32. The highest BCUT2D eigenvalue weighted by Crippen LogP contribution is 2.29. The highest BCUT2D eigenvalue weighted by Gasteiger charge is 2.17. The molecule has 1 aromatic heterocycles. The second kappa shape index (κ2) is 7.97. The van der Waals surface area contributed by atoms with E-state index in [0.717, 1.165) is 16.7 Å². The summed E-state index contributed by atoms with van der Waals surface area (Å²) >= 11 is 0. The molecule has 4 aromatic rings. The first-order valence-corrected chi connectivity index (χ1v) is 9.12. The van der Waals surface area contributed by atoms with Crippen molar-refractivity contribution in [2.75, 3.05) is 5.32 Å². The molecule has 30 heavy (non-hydrogen) atoms. The van der Waals surface area contributed by atoms with E-state index in [2.05, 4.69) is 5.32 Å². The first-order valence-electron chi connectivity index (χ1n) is 9.12. The number of anilines is 1. The van der Waals surface area contributed by atoms with Gasteiger partial charge in [-0.15, -0.1) is 0 Å². The van der Waals surface area contributed by atoms with Crippen molar-refractivity contribution in [3.05, 3.63) is 96.4 Å². The third kappa shape index (κ3) is 3.79. The molecule has 0 aliphatic heterocycles. The molecule has 6 nitrogen and oxygen atoms in total. The quantitative estimate of drug-likeness (QED) is 0.424. The smallest absolute Gasteiger partial charge is 0.337 e. The molecule has 0 bridgehead atoms. The van der Waals surface area contributed by atoms with Crippen LogP contribution in [0.3, 0.4) is 0 Å². The van der Waals surface area contributed by atoms with Crippen LogP contribution < -0.4 is 5.32 Å². The lowest BCUT2D eigenvalue weighted by Gasteiger charge is -2.12. The topological polar surface area (TPSA) is 99.8 Å². The molecule has 4 rings (SSSR count). The van der Waals surface area contributed by atoms with E-state index in [1.807, 2.05) is 30.3 Å². The zero-order valence-corrected chi connectivity index (χ0v) is 15.7. The van der Waals surface area contributed by atoms with Gasteiger partial charge in [0.2, 0.25) is 0 Å². The Bertz CT molecular complexity index is 1210. The van der Waals surface area contributed by atoms with Crippen LogP contribution in [0.15, 0.2) is 89.7 Å². The van der Waals surface area contributed by atoms with Gasteiger partial charge in [-0.25, -0.2) is 4.79 Å². The van der Waals surface area contributed by atoms with Crippen molar-refractivity contribution < 1.29 is 24.2 Å². The number of carboxylic acid groups (broad SMARTS) is 1. The fourth-order valence-electron chi connectivity index (χ4n) is 3.17. The highest BCUT2D eigenvalue weighted by atomic mass is 16.4. The van der Waals surface area contributed by atoms with E-state index in [4.69, 9.17) is 4.42 Å². The van der Waals surface area contributed by atoms with E-state index < -0.39 is 11.9 Å². The van der Waals surface area contributed by atoms with Gasteiger partial charge in [0.15, 0.2) is 0 Å². The van der Waals surface area contributed by atoms with Gasteiger partial charge in [0.05, 0.1) is 29.3 Å². The van der Waals surface area contributed by atoms with Gasteiger partial charge >= 0.3 is 5.97 Å². The number of amides is 1. The summed E-state index contributed by atoms with van der Waals surface area (Å²) in [5.41, 5.74) is 3.23. The molecular formula is C24H17NO5. The molecule has 0 aliphatic carbocycles. The lowest BCUT2D eigenvalue weighted by Crippen LogP contribution is -2.15. The van der Waals surface area contributed by atoms with Crippen LogP contribution in [-0.2, 0) is 0 Å². The number of nitrogens with one attached hydrogen (secondary N) is 1. The van der Waals surface area contributed by atoms with Crippen molar-refractivity contribution in [2.24, 2.45) is 0 Å². The van der Waals surface area contributed by atoms with E-state index in [9.17, 15) is 19.8 Å². The summed E-state index contributed by atoms with van der Waals surface area (Å²) in [7, 11) is 0. The minimum Gasteiger partial charge on any atom is -0.507 e. The second-order valence-electron chi connectivity index (χ2n) is 6.63. The lowest BCUT2D eigenvalue weighted by molar-refractivity contribution is 0.0698. The van der Waals surface area contributed by atoms with E-state index in [-0.39, 0.29) is 22.6 Å². The maximum absolute atomic E-state index is 12.8. The number of furan rings is 1. The Morgan fingerprint density at radius 3 is 2.10 bits per heavy atom. The Balaban J connectivity index is 1.66. The van der Waals surface area contributed by atoms with Crippen LogP contribution >= 0.6 is 0 Å². The SMILES string of the molecule is O=C(Nc1cc(-c2ccccc2)ccc1C(=O)O)c1ccc(-c2ccoc2)cc1O. The third-order valence-electron chi connectivity index (χ3n) is 4.70. The van der Waals surface area contributed by atoms with Gasteiger partial charge in [-0.1, -0.05) is 42.5 Å². The lowest BCUT2D eigenvalue weighted by atomic mass is 10.0. The molecule has 0 aliphatic rings. The monoisotopic (exact) mass is 399 g/mol. The number of carboxylic acids is 1. The van der Waals surface area contributed by atoms with Gasteiger partial charge in [0.25, 0.3) is 5.91 Å². The average molecular weight is 399 g/mol. The fraction of sp³-hybridized carbons (Fsp3) is 0. The van der Waals surface area contributed by atoms with E-state index >= 15 is 0 Å². The molecule has 148 valence electrons. The molecule has 0 radical (unpaired) electrons. The maximum atomic E-state index is 12.8. The van der Waals surface area contributed by atoms with Crippen molar-refractivity contribution in [3.8, 4) is 28.0 Å². The molecule has 6 heteroatoms. The first kappa shape index (κ1) is 19.0. The van der Waals surface area contributed by atoms with Crippen LogP contribution in [0.2, 0.25) is 0 Å². The summed E-state index contributed by atoms with van der Waals surface area (Å²) in [6, 6.07) is 20.5. The number of carbonyl (C=O) groups is 2. The van der Waals surface area contributed by atoms with Crippen LogP contribution in [0.5, 0.6) is 5.75 Å². The Labute approximate surface area is 172 Å². The van der Waals surface area contributed by atoms with Gasteiger partial charge in [-0.3, -0.25) is 4.79 Å². The van der Waals surface area contributed by atoms with E-state index in [1.54, 1.807) is 24.3 Å². The number of phenols is 1. The summed E-state index contributed by atoms with van der Waals surface area (Å²) in [5, 5.41) is 22.5. The Morgan fingerprint density at radius 1 is 0.767 bits per heavy atom. The minimum atomic E-state index is -1.16. The summed E-state index contributed by atoms with van der Waals surface area (Å²) in [4.78, 5) is 24.4. The van der Waals surface area contributed by atoms with Gasteiger partial charge in [-0.05, 0) is 47.0 Å². The molecule has 0 saturated carbocycles. The van der Waals surface area contributed by atoms with Crippen LogP contribution in [0, 0.1) is 0 Å². The number of aromatic hydroxyl groups is 1. The van der Waals surface area contributed by atoms with Crippen LogP contribution in [0.1, 0.15) is 20.7 Å². The molecule has 0 fully saturated rings. The number of hydrogen-bond donors (Lipinski definition) is 3. The zero-order valence-electron chi connectivity index (χ0n) is 15.7. The number of rotatable bonds is 5. The third-order valence-corrected chi connectivity index (χ3v) is 4.70. The van der Waals surface area contributed by atoms with Crippen molar-refractivity contribution in [2.45, 2.75) is 0 Å². The van der Waals surface area contributed by atoms with Crippen molar-refractivity contribution in [3.63, 3.8) is 0 Å². The summed E-state index contributed by atoms with van der Waals surface area (Å²) < 4.78 is 5.03. The molecule has 3 aromatic carbocycles. The molecule has 1 heterocycles. The van der Waals surface area contributed by atoms with Crippen LogP contribution in [-0.4, -0.2) is 22.1 Å². The predicted molar refractivity (Wildman–Crippen MR) is 113 cm³/mol. The molecule has 1 amide bonds. The number of aromatic carboxylic acids is 1. The summed E-state index contributed by atoms with van der Waals surface area (Å²) in [6.45, 7) is 0. The van der Waals surface area contributed by atoms with E-state index in [1.165, 1.54) is 30.7 Å². The normalized spacial score (nSPS) is 10.5. The summed E-state index contributed by atoms with van der Waals surface area (Å²) in [5.74, 6) is -1.99. The molecule has 3 N–H and O–H groups in total. The number of hydrogen-bond acceptors (Lipinski definition) is 4. The summed E-state index contributed by atoms with van der Waals surface area (Å²) in [6.07, 6.45) is 3.04. The maximum Gasteiger partial charge on any atom is 0.337 e. The second-order valence-corrected chi connectivity index (χ2v) is 6.63. The standard InChI is InChI=1S/C24H17NO5/c26-22-13-17(18-10-11-30-14-18)7-9-20(22)23(27)25-21-12-16(6-8-19(21)24(28)29)15-4-2-1-3-5-15/h1-14,26H,(H,25,27)(H,28,29). The average Bonchev–Trinajstić information content (AvgIpc) is 3.29. The molecule has 0 atom stereocenters. The largest absolute Gasteiger partial charge is 0.507 e. The van der Waals surface area contributed by atoms with Crippen molar-refractivity contribution >= 4 is 17.6 Å². The Kier molecular flexibility index (Phi) is 5.05. The number of phenolic OH excluding ortho intramolecular Hbond substituents is 1. The van der Waals surface area contributed by atoms with Crippen LogP contribution in [0.4, 0.5) is 5.69 Å². The molecule has 0 unspecified atom stereocenters. The van der Waals surface area contributed by atoms with Gasteiger partial charge in [0, 0.05) is 5.56 Å². The predicted octanol–water partition coefficient (Wildman–Crippen LogP) is 5.27. The van der Waals surface area contributed by atoms with Gasteiger partial charge < -0.3 is 19.9 Å². The van der Waals surface area contributed by atoms with Crippen LogP contribution in [0.25, 0.3) is 22.3 Å². The van der Waals surface area contributed by atoms with Gasteiger partial charge in [0.1, 0.15) is 5.75 Å². The molecular weight excluding hydrogens is 382 g/mol. The zero-order chi connectivity index (χ0) is 21.1. The molecule has 0 spiro atoms. The molecule has 0 saturated heterocycles. The number of benzene rings is 3. The Morgan fingerprint density at radius 2 is 1.47 bits per heavy atom. The first-order chi connectivity index (χ1) is 14.5. The minimum absolute atomic E-state index is 0.0312. The van der Waals surface area contributed by atoms with Crippen molar-refractivity contribution in [1.82, 2.24) is 0 Å². The van der Waals surface area contributed by atoms with Gasteiger partial charge in [-0.2, -0.15) is 0 Å². The number of carbonyl (C=O) groups excluding carboxylic acids is 1. The fourth-order valence-corrected chi connectivity index (χ4v) is 3.17. The van der Waals surface area contributed by atoms with Crippen molar-refractivity contribution in [1.29, 1.82) is 0 Å². The highest BCUT2D eigenvalue weighted by molar-refractivity contribution is 6.09. The van der Waals surface area contributed by atoms with E-state index in [0.29, 0.717) is 5.56 Å².